The summed E-state index contributed by atoms with van der Waals surface area (Å²) in [6.07, 6.45) is 3.68. The number of sulfonamides is 1. The van der Waals surface area contributed by atoms with Gasteiger partial charge in [-0.3, -0.25) is 9.10 Å². The number of aromatic carboxylic acids is 1. The van der Waals surface area contributed by atoms with Gasteiger partial charge in [0.05, 0.1) is 49.4 Å². The molecule has 1 unspecified atom stereocenters. The lowest BCUT2D eigenvalue weighted by atomic mass is 10.0. The summed E-state index contributed by atoms with van der Waals surface area (Å²) in [6.45, 7) is 3.35. The number of nitrogens with one attached hydrogen (secondary N) is 1. The van der Waals surface area contributed by atoms with Crippen LogP contribution < -0.4 is 9.62 Å². The van der Waals surface area contributed by atoms with Gasteiger partial charge >= 0.3 is 5.97 Å². The third kappa shape index (κ3) is 8.37. The number of hydrogen-bond donors (Lipinski definition) is 2. The highest BCUT2D eigenvalue weighted by Gasteiger charge is 2.33. The van der Waals surface area contributed by atoms with Crippen molar-refractivity contribution in [3.63, 3.8) is 0 Å². The molecule has 0 aliphatic heterocycles. The fourth-order valence-corrected chi connectivity index (χ4v) is 6.52. The topological polar surface area (TPSA) is 135 Å². The number of nitrogens with zero attached hydrogens (tertiary/aromatic N) is 1. The predicted molar refractivity (Wildman–Crippen MR) is 177 cm³/mol. The molecular weight excluding hydrogens is 627 g/mol. The molecule has 1 amide bonds. The minimum atomic E-state index is -3.72. The highest BCUT2D eigenvalue weighted by Crippen LogP contribution is 2.48. The number of anilines is 1. The minimum absolute atomic E-state index is 0.0701. The summed E-state index contributed by atoms with van der Waals surface area (Å²) in [5.41, 5.74) is 3.75. The zero-order valence-corrected chi connectivity index (χ0v) is 27.4. The van der Waals surface area contributed by atoms with Crippen LogP contribution in [0.1, 0.15) is 57.5 Å². The Hall–Kier alpha value is -4.26. The lowest BCUT2D eigenvalue weighted by Gasteiger charge is -2.25. The minimum Gasteiger partial charge on any atom is -0.478 e. The number of hydrogen-bond acceptors (Lipinski definition) is 7. The monoisotopic (exact) mass is 666 g/mol. The van der Waals surface area contributed by atoms with E-state index in [1.54, 1.807) is 30.3 Å². The molecule has 3 aromatic carbocycles. The normalized spacial score (nSPS) is 13.9. The summed E-state index contributed by atoms with van der Waals surface area (Å²) in [5.74, 6) is -1.11. The molecule has 0 spiro atoms. The summed E-state index contributed by atoms with van der Waals surface area (Å²) in [5, 5.41) is 12.3. The molecule has 12 heteroatoms. The molecule has 5 rings (SSSR count). The van der Waals surface area contributed by atoms with Crippen molar-refractivity contribution < 1.29 is 41.4 Å². The number of carboxylic acids is 1. The molecule has 1 fully saturated rings. The number of benzene rings is 3. The Labute approximate surface area is 273 Å². The SMILES string of the molecule is CNC(=O)c1c(-c2ccc(F)cc2)oc2cc(N(CCOCCOCC(C)Cc3ccc(C(=O)O)cc3)S(C)(=O)=O)c(C3CC3)cc12. The molecule has 1 aliphatic carbocycles. The van der Waals surface area contributed by atoms with Crippen LogP contribution in [0.25, 0.3) is 22.3 Å². The van der Waals surface area contributed by atoms with Gasteiger partial charge in [0, 0.05) is 30.7 Å². The Kier molecular flexibility index (Phi) is 10.6. The van der Waals surface area contributed by atoms with Gasteiger partial charge in [0.25, 0.3) is 5.91 Å². The smallest absolute Gasteiger partial charge is 0.335 e. The Bertz CT molecular complexity index is 1830. The average molecular weight is 667 g/mol. The van der Waals surface area contributed by atoms with E-state index in [4.69, 9.17) is 19.0 Å². The van der Waals surface area contributed by atoms with Gasteiger partial charge in [-0.15, -0.1) is 0 Å². The first-order valence-corrected chi connectivity index (χ1v) is 17.3. The third-order valence-electron chi connectivity index (χ3n) is 8.08. The zero-order chi connectivity index (χ0) is 33.7. The second-order valence-electron chi connectivity index (χ2n) is 11.9. The van der Waals surface area contributed by atoms with E-state index in [0.717, 1.165) is 36.6 Å². The van der Waals surface area contributed by atoms with E-state index in [1.165, 1.54) is 35.6 Å². The summed E-state index contributed by atoms with van der Waals surface area (Å²) >= 11 is 0. The fraction of sp³-hybridized carbons (Fsp3) is 0.371. The van der Waals surface area contributed by atoms with Crippen molar-refractivity contribution in [3.8, 4) is 11.3 Å². The Morgan fingerprint density at radius 2 is 1.72 bits per heavy atom. The van der Waals surface area contributed by atoms with Crippen molar-refractivity contribution in [1.82, 2.24) is 5.32 Å². The number of rotatable bonds is 16. The third-order valence-corrected chi connectivity index (χ3v) is 9.26. The first-order chi connectivity index (χ1) is 22.5. The molecule has 0 saturated heterocycles. The van der Waals surface area contributed by atoms with Crippen LogP contribution in [0.2, 0.25) is 0 Å². The van der Waals surface area contributed by atoms with Crippen molar-refractivity contribution in [2.75, 3.05) is 50.6 Å². The number of ether oxygens (including phenoxy) is 2. The number of carboxylic acid groups (broad SMARTS) is 1. The molecular formula is C35H39FN2O8S. The Morgan fingerprint density at radius 1 is 1.04 bits per heavy atom. The van der Waals surface area contributed by atoms with Gasteiger partial charge < -0.3 is 24.3 Å². The molecule has 4 aromatic rings. The maximum atomic E-state index is 13.7. The maximum Gasteiger partial charge on any atom is 0.335 e. The van der Waals surface area contributed by atoms with Crippen LogP contribution in [-0.4, -0.2) is 71.7 Å². The van der Waals surface area contributed by atoms with Crippen LogP contribution in [0.15, 0.2) is 65.1 Å². The van der Waals surface area contributed by atoms with Crippen LogP contribution in [-0.2, 0) is 25.9 Å². The van der Waals surface area contributed by atoms with E-state index in [9.17, 15) is 22.4 Å². The van der Waals surface area contributed by atoms with Gasteiger partial charge in [0.1, 0.15) is 17.2 Å². The van der Waals surface area contributed by atoms with Gasteiger partial charge in [-0.25, -0.2) is 17.6 Å². The second kappa shape index (κ2) is 14.7. The highest BCUT2D eigenvalue weighted by molar-refractivity contribution is 7.92. The summed E-state index contributed by atoms with van der Waals surface area (Å²) in [6, 6.07) is 16.0. The first kappa shape index (κ1) is 34.1. The van der Waals surface area contributed by atoms with Crippen LogP contribution in [0, 0.1) is 11.7 Å². The van der Waals surface area contributed by atoms with E-state index >= 15 is 0 Å². The molecule has 2 N–H and O–H groups in total. The largest absolute Gasteiger partial charge is 0.478 e. The zero-order valence-electron chi connectivity index (χ0n) is 26.6. The molecule has 1 heterocycles. The highest BCUT2D eigenvalue weighted by atomic mass is 32.2. The molecule has 1 aliphatic rings. The van der Waals surface area contributed by atoms with Gasteiger partial charge in [-0.05, 0) is 84.7 Å². The Morgan fingerprint density at radius 3 is 2.34 bits per heavy atom. The summed E-state index contributed by atoms with van der Waals surface area (Å²) in [4.78, 5) is 24.1. The summed E-state index contributed by atoms with van der Waals surface area (Å²) < 4.78 is 58.8. The van der Waals surface area contributed by atoms with E-state index < -0.39 is 21.8 Å². The number of halogens is 1. The molecule has 0 bridgehead atoms. The molecule has 250 valence electrons. The van der Waals surface area contributed by atoms with Gasteiger partial charge in [0.15, 0.2) is 0 Å². The standard InChI is InChI=1S/C35H39FN2O8S/c1-22(18-23-4-6-26(7-5-23)35(40)41)21-45-17-16-44-15-14-38(47(3,42)43)30-20-31-29(19-28(30)24-8-9-24)32(34(39)37-2)33(46-31)25-10-12-27(36)13-11-25/h4-7,10-13,19-20,22,24H,8-9,14-18,21H2,1-3H3,(H,37,39)(H,40,41). The van der Waals surface area contributed by atoms with Crippen LogP contribution in [0.5, 0.6) is 0 Å². The molecule has 1 atom stereocenters. The fourth-order valence-electron chi connectivity index (χ4n) is 5.60. The first-order valence-electron chi connectivity index (χ1n) is 15.5. The molecule has 47 heavy (non-hydrogen) atoms. The van der Waals surface area contributed by atoms with Gasteiger partial charge in [0.2, 0.25) is 10.0 Å². The number of furan rings is 1. The van der Waals surface area contributed by atoms with Gasteiger partial charge in [-0.1, -0.05) is 19.1 Å². The molecule has 1 aromatic heterocycles. The Balaban J connectivity index is 1.25. The number of amides is 1. The van der Waals surface area contributed by atoms with Crippen molar-refractivity contribution in [2.45, 2.75) is 32.1 Å². The lowest BCUT2D eigenvalue weighted by Crippen LogP contribution is -2.34. The van der Waals surface area contributed by atoms with Crippen molar-refractivity contribution in [3.05, 3.63) is 88.7 Å². The van der Waals surface area contributed by atoms with Gasteiger partial charge in [-0.2, -0.15) is 0 Å². The second-order valence-corrected chi connectivity index (χ2v) is 13.8. The van der Waals surface area contributed by atoms with Crippen molar-refractivity contribution in [1.29, 1.82) is 0 Å². The van der Waals surface area contributed by atoms with Crippen molar-refractivity contribution >= 4 is 38.6 Å². The number of fused-ring (bicyclic) bond motifs is 1. The predicted octanol–water partition coefficient (Wildman–Crippen LogP) is 5.85. The average Bonchev–Trinajstić information content (AvgIpc) is 3.81. The molecule has 1 saturated carbocycles. The lowest BCUT2D eigenvalue weighted by molar-refractivity contribution is 0.0383. The van der Waals surface area contributed by atoms with Crippen LogP contribution >= 0.6 is 0 Å². The van der Waals surface area contributed by atoms with E-state index in [0.29, 0.717) is 41.0 Å². The number of carbonyl (C=O) groups excluding carboxylic acids is 1. The number of carbonyl (C=O) groups is 2. The molecule has 0 radical (unpaired) electrons. The summed E-state index contributed by atoms with van der Waals surface area (Å²) in [7, 11) is -2.19. The van der Waals surface area contributed by atoms with E-state index in [-0.39, 0.29) is 48.8 Å². The van der Waals surface area contributed by atoms with E-state index in [1.807, 2.05) is 13.0 Å². The van der Waals surface area contributed by atoms with Crippen LogP contribution in [0.4, 0.5) is 10.1 Å². The van der Waals surface area contributed by atoms with Crippen molar-refractivity contribution in [2.24, 2.45) is 5.92 Å². The maximum absolute atomic E-state index is 13.7. The van der Waals surface area contributed by atoms with Crippen LogP contribution in [0.3, 0.4) is 0 Å². The molecule has 10 nitrogen and oxygen atoms in total. The quantitative estimate of drug-likeness (QED) is 0.142. The van der Waals surface area contributed by atoms with E-state index in [2.05, 4.69) is 5.32 Å².